The van der Waals surface area contributed by atoms with Crippen LogP contribution < -0.4 is 5.73 Å². The van der Waals surface area contributed by atoms with Crippen LogP contribution in [0.5, 0.6) is 0 Å². The van der Waals surface area contributed by atoms with Gasteiger partial charge in [0.05, 0.1) is 6.54 Å². The Morgan fingerprint density at radius 2 is 1.88 bits per heavy atom. The average molecular weight is 244 g/mol. The van der Waals surface area contributed by atoms with Gasteiger partial charge in [-0.2, -0.15) is 5.10 Å². The molecule has 1 heterocycles. The fourth-order valence-electron chi connectivity index (χ4n) is 1.38. The van der Waals surface area contributed by atoms with Crippen LogP contribution in [0.15, 0.2) is 24.4 Å². The molecule has 0 saturated heterocycles. The maximum absolute atomic E-state index is 12.9. The lowest BCUT2D eigenvalue weighted by Gasteiger charge is -2.02. The summed E-state index contributed by atoms with van der Waals surface area (Å²) < 4.78 is 27.2. The first kappa shape index (κ1) is 10.9. The SMILES string of the molecule is Nc1nn(Cc2cc(F)cc(F)c2)cc1Cl. The van der Waals surface area contributed by atoms with E-state index in [1.165, 1.54) is 23.0 Å². The molecule has 16 heavy (non-hydrogen) atoms. The highest BCUT2D eigenvalue weighted by Crippen LogP contribution is 2.17. The van der Waals surface area contributed by atoms with Gasteiger partial charge in [-0.3, -0.25) is 4.68 Å². The van der Waals surface area contributed by atoms with E-state index in [4.69, 9.17) is 17.3 Å². The Balaban J connectivity index is 2.26. The van der Waals surface area contributed by atoms with E-state index in [1.807, 2.05) is 0 Å². The number of benzene rings is 1. The van der Waals surface area contributed by atoms with E-state index in [0.717, 1.165) is 6.07 Å². The van der Waals surface area contributed by atoms with Crippen LogP contribution in [0.4, 0.5) is 14.6 Å². The molecule has 0 amide bonds. The molecule has 0 fully saturated rings. The van der Waals surface area contributed by atoms with E-state index in [-0.39, 0.29) is 12.4 Å². The molecule has 1 aromatic carbocycles. The molecule has 84 valence electrons. The summed E-state index contributed by atoms with van der Waals surface area (Å²) >= 11 is 5.70. The first-order valence-electron chi connectivity index (χ1n) is 4.48. The van der Waals surface area contributed by atoms with Crippen LogP contribution in [-0.2, 0) is 6.54 Å². The minimum atomic E-state index is -0.624. The first-order chi connectivity index (χ1) is 7.54. The highest BCUT2D eigenvalue weighted by Gasteiger charge is 2.05. The zero-order chi connectivity index (χ0) is 11.7. The molecule has 0 saturated carbocycles. The number of halogens is 3. The van der Waals surface area contributed by atoms with E-state index in [9.17, 15) is 8.78 Å². The van der Waals surface area contributed by atoms with Crippen LogP contribution in [0, 0.1) is 11.6 Å². The van der Waals surface area contributed by atoms with Gasteiger partial charge in [0.25, 0.3) is 0 Å². The second-order valence-corrected chi connectivity index (χ2v) is 3.74. The smallest absolute Gasteiger partial charge is 0.164 e. The highest BCUT2D eigenvalue weighted by atomic mass is 35.5. The monoisotopic (exact) mass is 243 g/mol. The van der Waals surface area contributed by atoms with E-state index in [1.54, 1.807) is 0 Å². The van der Waals surface area contributed by atoms with Crippen molar-refractivity contribution in [3.8, 4) is 0 Å². The summed E-state index contributed by atoms with van der Waals surface area (Å²) in [4.78, 5) is 0. The van der Waals surface area contributed by atoms with Gasteiger partial charge in [-0.15, -0.1) is 0 Å². The number of nitrogens with two attached hydrogens (primary N) is 1. The van der Waals surface area contributed by atoms with Crippen LogP contribution in [0.1, 0.15) is 5.56 Å². The highest BCUT2D eigenvalue weighted by molar-refractivity contribution is 6.32. The van der Waals surface area contributed by atoms with E-state index < -0.39 is 11.6 Å². The van der Waals surface area contributed by atoms with Gasteiger partial charge in [0, 0.05) is 12.3 Å². The summed E-state index contributed by atoms with van der Waals surface area (Å²) in [6.07, 6.45) is 1.50. The molecule has 0 atom stereocenters. The third-order valence-corrected chi connectivity index (χ3v) is 2.30. The van der Waals surface area contributed by atoms with Crippen LogP contribution in [0.25, 0.3) is 0 Å². The molecule has 2 N–H and O–H groups in total. The van der Waals surface area contributed by atoms with Gasteiger partial charge in [0.2, 0.25) is 0 Å². The van der Waals surface area contributed by atoms with Crippen LogP contribution in [0.3, 0.4) is 0 Å². The number of hydrogen-bond acceptors (Lipinski definition) is 2. The molecule has 2 rings (SSSR count). The molecule has 0 radical (unpaired) electrons. The Hall–Kier alpha value is -1.62. The van der Waals surface area contributed by atoms with E-state index >= 15 is 0 Å². The van der Waals surface area contributed by atoms with Crippen molar-refractivity contribution in [2.45, 2.75) is 6.54 Å². The molecule has 0 aliphatic heterocycles. The predicted octanol–water partition coefficient (Wildman–Crippen LogP) is 2.45. The minimum absolute atomic E-state index is 0.193. The van der Waals surface area contributed by atoms with Gasteiger partial charge in [-0.25, -0.2) is 8.78 Å². The molecule has 0 aliphatic rings. The summed E-state index contributed by atoms with van der Waals surface area (Å²) in [5.41, 5.74) is 5.90. The Morgan fingerprint density at radius 3 is 2.38 bits per heavy atom. The van der Waals surface area contributed by atoms with Crippen molar-refractivity contribution in [1.29, 1.82) is 0 Å². The minimum Gasteiger partial charge on any atom is -0.381 e. The number of aromatic nitrogens is 2. The van der Waals surface area contributed by atoms with Crippen molar-refractivity contribution in [3.05, 3.63) is 46.6 Å². The molecular formula is C10H8ClF2N3. The number of anilines is 1. The summed E-state index contributed by atoms with van der Waals surface area (Å²) in [5.74, 6) is -1.05. The lowest BCUT2D eigenvalue weighted by Crippen LogP contribution is -2.02. The third-order valence-electron chi connectivity index (χ3n) is 2.01. The Labute approximate surface area is 95.4 Å². The lowest BCUT2D eigenvalue weighted by molar-refractivity contribution is 0.574. The second-order valence-electron chi connectivity index (χ2n) is 3.34. The number of nitrogen functional groups attached to an aromatic ring is 1. The topological polar surface area (TPSA) is 43.8 Å². The summed E-state index contributed by atoms with van der Waals surface area (Å²) in [6.45, 7) is 0.214. The molecule has 6 heteroatoms. The van der Waals surface area contributed by atoms with Gasteiger partial charge in [-0.1, -0.05) is 11.6 Å². The van der Waals surface area contributed by atoms with Crippen LogP contribution >= 0.6 is 11.6 Å². The maximum atomic E-state index is 12.9. The zero-order valence-electron chi connectivity index (χ0n) is 8.12. The molecule has 0 bridgehead atoms. The zero-order valence-corrected chi connectivity index (χ0v) is 8.88. The van der Waals surface area contributed by atoms with Crippen LogP contribution in [0.2, 0.25) is 5.02 Å². The Bertz CT molecular complexity index is 485. The predicted molar refractivity (Wildman–Crippen MR) is 57.1 cm³/mol. The maximum Gasteiger partial charge on any atom is 0.164 e. The van der Waals surface area contributed by atoms with Crippen molar-refractivity contribution in [2.24, 2.45) is 0 Å². The van der Waals surface area contributed by atoms with Crippen molar-refractivity contribution in [1.82, 2.24) is 9.78 Å². The molecule has 2 aromatic rings. The van der Waals surface area contributed by atoms with Crippen LogP contribution in [-0.4, -0.2) is 9.78 Å². The lowest BCUT2D eigenvalue weighted by atomic mass is 10.2. The summed E-state index contributed by atoms with van der Waals surface area (Å²) in [5, 5.41) is 4.20. The Kier molecular flexibility index (Phi) is 2.78. The normalized spacial score (nSPS) is 10.7. The second kappa shape index (κ2) is 4.09. The molecule has 0 unspecified atom stereocenters. The molecular weight excluding hydrogens is 236 g/mol. The first-order valence-corrected chi connectivity index (χ1v) is 4.86. The number of hydrogen-bond donors (Lipinski definition) is 1. The fourth-order valence-corrected chi connectivity index (χ4v) is 1.53. The third kappa shape index (κ3) is 2.30. The van der Waals surface area contributed by atoms with Crippen molar-refractivity contribution >= 4 is 17.4 Å². The number of rotatable bonds is 2. The van der Waals surface area contributed by atoms with Gasteiger partial charge >= 0.3 is 0 Å². The van der Waals surface area contributed by atoms with Crippen molar-refractivity contribution in [3.63, 3.8) is 0 Å². The summed E-state index contributed by atoms with van der Waals surface area (Å²) in [7, 11) is 0. The molecule has 3 nitrogen and oxygen atoms in total. The quantitative estimate of drug-likeness (QED) is 0.881. The molecule has 0 spiro atoms. The fraction of sp³-hybridized carbons (Fsp3) is 0.100. The largest absolute Gasteiger partial charge is 0.381 e. The standard InChI is InChI=1S/C10H8ClF2N3/c11-9-5-16(15-10(9)14)4-6-1-7(12)3-8(13)2-6/h1-3,5H,4H2,(H2,14,15). The van der Waals surface area contributed by atoms with Gasteiger partial charge in [0.15, 0.2) is 5.82 Å². The van der Waals surface area contributed by atoms with Crippen molar-refractivity contribution < 1.29 is 8.78 Å². The molecule has 0 aliphatic carbocycles. The molecule has 1 aromatic heterocycles. The van der Waals surface area contributed by atoms with Gasteiger partial charge in [0.1, 0.15) is 16.7 Å². The van der Waals surface area contributed by atoms with Gasteiger partial charge in [-0.05, 0) is 17.7 Å². The van der Waals surface area contributed by atoms with E-state index in [0.29, 0.717) is 10.6 Å². The van der Waals surface area contributed by atoms with Crippen molar-refractivity contribution in [2.75, 3.05) is 5.73 Å². The summed E-state index contributed by atoms with van der Waals surface area (Å²) in [6, 6.07) is 3.28. The van der Waals surface area contributed by atoms with Gasteiger partial charge < -0.3 is 5.73 Å². The van der Waals surface area contributed by atoms with E-state index in [2.05, 4.69) is 5.10 Å². The average Bonchev–Trinajstić information content (AvgIpc) is 2.43. The number of nitrogens with zero attached hydrogens (tertiary/aromatic N) is 2. The Morgan fingerprint density at radius 1 is 1.25 bits per heavy atom.